The van der Waals surface area contributed by atoms with Crippen LogP contribution in [0.15, 0.2) is 109 Å². The van der Waals surface area contributed by atoms with E-state index in [9.17, 15) is 0 Å². The fraction of sp³-hybridized carbons (Fsp3) is 0. The molecule has 2 aromatic heterocycles. The van der Waals surface area contributed by atoms with E-state index in [0.29, 0.717) is 0 Å². The van der Waals surface area contributed by atoms with Gasteiger partial charge in [0, 0.05) is 0 Å². The van der Waals surface area contributed by atoms with E-state index in [4.69, 9.17) is 9.97 Å². The van der Waals surface area contributed by atoms with E-state index in [-0.39, 0.29) is 20.4 Å². The first-order valence-corrected chi connectivity index (χ1v) is 13.3. The average molecular weight is 534 g/mol. The van der Waals surface area contributed by atoms with Gasteiger partial charge in [-0.3, -0.25) is 0 Å². The molecule has 7 rings (SSSR count). The van der Waals surface area contributed by atoms with E-state index in [2.05, 4.69) is 84.9 Å². The van der Waals surface area contributed by atoms with Gasteiger partial charge in [0.25, 0.3) is 0 Å². The Kier molecular flexibility index (Phi) is 4.33. The molecule has 0 atom stereocenters. The van der Waals surface area contributed by atoms with E-state index in [0.717, 1.165) is 33.5 Å². The summed E-state index contributed by atoms with van der Waals surface area (Å²) < 4.78 is 3.03. The first kappa shape index (κ1) is 19.0. The van der Waals surface area contributed by atoms with Crippen LogP contribution < -0.4 is 0 Å². The summed E-state index contributed by atoms with van der Waals surface area (Å²) in [6.07, 6.45) is 0. The Morgan fingerprint density at radius 3 is 1.88 bits per heavy atom. The van der Waals surface area contributed by atoms with Gasteiger partial charge in [-0.1, -0.05) is 0 Å². The van der Waals surface area contributed by atoms with Crippen molar-refractivity contribution < 1.29 is 0 Å². The van der Waals surface area contributed by atoms with E-state index in [1.54, 1.807) is 0 Å². The second-order valence-corrected chi connectivity index (χ2v) is 11.4. The molecule has 0 fully saturated rings. The summed E-state index contributed by atoms with van der Waals surface area (Å²) in [5, 5.41) is 5.20. The molecule has 5 aromatic carbocycles. The van der Waals surface area contributed by atoms with Gasteiger partial charge in [0.15, 0.2) is 0 Å². The van der Waals surface area contributed by atoms with Gasteiger partial charge in [-0.15, -0.1) is 0 Å². The average Bonchev–Trinajstić information content (AvgIpc) is 3.25. The topological polar surface area (TPSA) is 25.8 Å². The number of rotatable bonds is 2. The van der Waals surface area contributed by atoms with Gasteiger partial charge in [0.2, 0.25) is 0 Å². The third kappa shape index (κ3) is 3.16. The van der Waals surface area contributed by atoms with Crippen LogP contribution in [0, 0.1) is 0 Å². The van der Waals surface area contributed by atoms with Gasteiger partial charge in [-0.25, -0.2) is 0 Å². The second kappa shape index (κ2) is 7.52. The van der Waals surface area contributed by atoms with Crippen molar-refractivity contribution in [3.63, 3.8) is 0 Å². The van der Waals surface area contributed by atoms with Crippen molar-refractivity contribution in [1.82, 2.24) is 9.97 Å². The zero-order valence-electron chi connectivity index (χ0n) is 17.7. The van der Waals surface area contributed by atoms with Crippen LogP contribution in [0.5, 0.6) is 0 Å². The maximum atomic E-state index is 5.13. The zero-order chi connectivity index (χ0) is 21.8. The molecule has 3 heteroatoms. The number of benzene rings is 5. The number of para-hydroxylation sites is 2. The van der Waals surface area contributed by atoms with Crippen molar-refractivity contribution in [1.29, 1.82) is 0 Å². The van der Waals surface area contributed by atoms with Gasteiger partial charge >= 0.3 is 201 Å². The number of fused-ring (bicyclic) bond motifs is 5. The number of hydrogen-bond donors (Lipinski definition) is 0. The molecular weight excluding hydrogens is 516 g/mol. The summed E-state index contributed by atoms with van der Waals surface area (Å²) in [7, 11) is 0. The quantitative estimate of drug-likeness (QED) is 0.215. The maximum absolute atomic E-state index is 5.13. The minimum absolute atomic E-state index is 0.320. The predicted octanol–water partition coefficient (Wildman–Crippen LogP) is 7.48. The molecule has 0 amide bonds. The molecular formula is C30H18N2Te. The standard InChI is InChI=1S/C30H18N2Te/c1-2-8-20-17-21(14-13-19(20)7-1)29-30(32-26-11-5-4-10-25(26)31-29)22-15-16-28-24(18-22)23-9-3-6-12-27(23)33-28/h1-18H. The third-order valence-corrected chi connectivity index (χ3v) is 9.53. The minimum atomic E-state index is -0.320. The van der Waals surface area contributed by atoms with Crippen LogP contribution in [0.25, 0.3) is 61.9 Å². The third-order valence-electron chi connectivity index (χ3n) is 6.24. The summed E-state index contributed by atoms with van der Waals surface area (Å²) in [6, 6.07) is 38.9. The molecule has 0 aliphatic heterocycles. The van der Waals surface area contributed by atoms with Crippen molar-refractivity contribution in [2.45, 2.75) is 0 Å². The predicted molar refractivity (Wildman–Crippen MR) is 140 cm³/mol. The van der Waals surface area contributed by atoms with Gasteiger partial charge < -0.3 is 0 Å². The van der Waals surface area contributed by atoms with Crippen molar-refractivity contribution in [3.8, 4) is 22.5 Å². The normalized spacial score (nSPS) is 11.6. The molecule has 0 bridgehead atoms. The van der Waals surface area contributed by atoms with Gasteiger partial charge in [0.1, 0.15) is 0 Å². The Bertz CT molecular complexity index is 1830. The van der Waals surface area contributed by atoms with Crippen LogP contribution in [0.3, 0.4) is 0 Å². The Hall–Kier alpha value is -3.51. The van der Waals surface area contributed by atoms with E-state index in [1.807, 2.05) is 24.3 Å². The summed E-state index contributed by atoms with van der Waals surface area (Å²) in [5.41, 5.74) is 5.93. The van der Waals surface area contributed by atoms with Crippen LogP contribution in [0.4, 0.5) is 0 Å². The molecule has 2 nitrogen and oxygen atoms in total. The first-order chi connectivity index (χ1) is 16.3. The Morgan fingerprint density at radius 2 is 1.06 bits per heavy atom. The zero-order valence-corrected chi connectivity index (χ0v) is 20.0. The Balaban J connectivity index is 1.52. The molecule has 0 N–H and O–H groups in total. The number of hydrogen-bond acceptors (Lipinski definition) is 2. The fourth-order valence-electron chi connectivity index (χ4n) is 4.61. The summed E-state index contributed by atoms with van der Waals surface area (Å²) in [6.45, 7) is 0. The molecule has 154 valence electrons. The van der Waals surface area contributed by atoms with Gasteiger partial charge in [0.05, 0.1) is 0 Å². The fourth-order valence-corrected chi connectivity index (χ4v) is 7.71. The van der Waals surface area contributed by atoms with Crippen molar-refractivity contribution in [2.24, 2.45) is 0 Å². The Morgan fingerprint density at radius 1 is 0.455 bits per heavy atom. The van der Waals surface area contributed by atoms with Crippen LogP contribution in [0.2, 0.25) is 0 Å². The molecule has 0 saturated heterocycles. The summed E-state index contributed by atoms with van der Waals surface area (Å²) in [5.74, 6) is 0. The van der Waals surface area contributed by atoms with Crippen LogP contribution >= 0.6 is 0 Å². The molecule has 0 spiro atoms. The molecule has 0 aliphatic rings. The van der Waals surface area contributed by atoms with E-state index < -0.39 is 0 Å². The molecule has 0 aliphatic carbocycles. The van der Waals surface area contributed by atoms with Crippen molar-refractivity contribution >= 4 is 59.8 Å². The molecule has 0 saturated carbocycles. The van der Waals surface area contributed by atoms with Crippen molar-refractivity contribution in [2.75, 3.05) is 0 Å². The van der Waals surface area contributed by atoms with E-state index >= 15 is 0 Å². The van der Waals surface area contributed by atoms with Crippen molar-refractivity contribution in [3.05, 3.63) is 109 Å². The van der Waals surface area contributed by atoms with Crippen LogP contribution in [-0.4, -0.2) is 30.4 Å². The molecule has 0 unspecified atom stereocenters. The molecule has 2 heterocycles. The number of aromatic nitrogens is 2. The monoisotopic (exact) mass is 536 g/mol. The summed E-state index contributed by atoms with van der Waals surface area (Å²) in [4.78, 5) is 10.2. The molecule has 7 aromatic rings. The first-order valence-electron chi connectivity index (χ1n) is 11.0. The van der Waals surface area contributed by atoms with Crippen LogP contribution in [0.1, 0.15) is 0 Å². The van der Waals surface area contributed by atoms with E-state index in [1.165, 1.54) is 28.3 Å². The number of nitrogens with zero attached hydrogens (tertiary/aromatic N) is 2. The van der Waals surface area contributed by atoms with Crippen LogP contribution in [-0.2, 0) is 0 Å². The summed E-state index contributed by atoms with van der Waals surface area (Å²) >= 11 is -0.320. The SMILES string of the molecule is c1ccc2cc(-c3nc4ccccc4nc3-c3ccc4[te]c5ccccc5c4c3)ccc2c1. The second-order valence-electron chi connectivity index (χ2n) is 8.28. The van der Waals surface area contributed by atoms with Gasteiger partial charge in [-0.2, -0.15) is 0 Å². The Labute approximate surface area is 200 Å². The molecule has 33 heavy (non-hydrogen) atoms. The molecule has 0 radical (unpaired) electrons. The van der Waals surface area contributed by atoms with Gasteiger partial charge in [-0.05, 0) is 0 Å².